The smallest absolute Gasteiger partial charge is 0.408 e. The number of carbonyl (C=O) groups is 1. The van der Waals surface area contributed by atoms with E-state index in [1.165, 1.54) is 0 Å². The van der Waals surface area contributed by atoms with Gasteiger partial charge < -0.3 is 15.0 Å². The molecular weight excluding hydrogens is 334 g/mol. The summed E-state index contributed by atoms with van der Waals surface area (Å²) >= 11 is 3.43. The highest BCUT2D eigenvalue weighted by atomic mass is 79.9. The Hall–Kier alpha value is -1.82. The predicted octanol–water partition coefficient (Wildman–Crippen LogP) is 3.86. The van der Waals surface area contributed by atoms with E-state index in [1.54, 1.807) is 0 Å². The number of nitrogens with one attached hydrogen (secondary N) is 2. The number of amides is 1. The van der Waals surface area contributed by atoms with E-state index in [2.05, 4.69) is 31.2 Å². The number of hydrogen-bond donors (Lipinski definition) is 2. The van der Waals surface area contributed by atoms with Crippen LogP contribution in [0.15, 0.2) is 34.9 Å². The van der Waals surface area contributed by atoms with Crippen LogP contribution in [0, 0.1) is 0 Å². The molecule has 0 bridgehead atoms. The normalized spacial score (nSPS) is 11.2. The maximum Gasteiger partial charge on any atom is 0.408 e. The molecule has 6 heteroatoms. The largest absolute Gasteiger partial charge is 0.444 e. The second-order valence-corrected chi connectivity index (χ2v) is 6.51. The van der Waals surface area contributed by atoms with Crippen molar-refractivity contribution in [3.63, 3.8) is 0 Å². The molecule has 1 amide bonds. The molecule has 5 nitrogen and oxygen atoms in total. The fourth-order valence-electron chi connectivity index (χ4n) is 1.72. The summed E-state index contributed by atoms with van der Waals surface area (Å²) in [6, 6.07) is 7.88. The number of alkyl carbamates (subject to hydrolysis) is 1. The van der Waals surface area contributed by atoms with Gasteiger partial charge in [0.05, 0.1) is 12.2 Å². The zero-order valence-electron chi connectivity index (χ0n) is 12.2. The molecule has 1 heterocycles. The molecule has 112 valence electrons. The van der Waals surface area contributed by atoms with Crippen molar-refractivity contribution in [1.29, 1.82) is 0 Å². The van der Waals surface area contributed by atoms with Crippen LogP contribution in [0.2, 0.25) is 0 Å². The number of carbonyl (C=O) groups excluding carboxylic acids is 1. The zero-order valence-corrected chi connectivity index (χ0v) is 13.8. The van der Waals surface area contributed by atoms with Crippen LogP contribution in [0.1, 0.15) is 26.6 Å². The lowest BCUT2D eigenvalue weighted by Gasteiger charge is -2.19. The average Bonchev–Trinajstić information content (AvgIpc) is 2.83. The lowest BCUT2D eigenvalue weighted by atomic mass is 10.2. The number of ether oxygens (including phenoxy) is 1. The number of imidazole rings is 1. The van der Waals surface area contributed by atoms with E-state index in [9.17, 15) is 4.79 Å². The fraction of sp³-hybridized carbons (Fsp3) is 0.333. The van der Waals surface area contributed by atoms with E-state index in [4.69, 9.17) is 4.74 Å². The molecule has 0 saturated carbocycles. The second kappa shape index (κ2) is 6.30. The van der Waals surface area contributed by atoms with Gasteiger partial charge in [-0.1, -0.05) is 28.1 Å². The summed E-state index contributed by atoms with van der Waals surface area (Å²) in [6.45, 7) is 5.77. The number of benzene rings is 1. The Morgan fingerprint density at radius 3 is 2.86 bits per heavy atom. The highest BCUT2D eigenvalue weighted by Gasteiger charge is 2.16. The van der Waals surface area contributed by atoms with Crippen LogP contribution < -0.4 is 5.32 Å². The zero-order chi connectivity index (χ0) is 15.5. The lowest BCUT2D eigenvalue weighted by Crippen LogP contribution is -2.32. The summed E-state index contributed by atoms with van der Waals surface area (Å²) in [5.74, 6) is 0.677. The topological polar surface area (TPSA) is 67.0 Å². The van der Waals surface area contributed by atoms with Gasteiger partial charge in [-0.05, 0) is 32.9 Å². The summed E-state index contributed by atoms with van der Waals surface area (Å²) in [5, 5.41) is 2.67. The standard InChI is InChI=1S/C15H18BrN3O2/c1-15(2,3)21-14(20)18-9-13-17-8-12(19-13)10-5-4-6-11(16)7-10/h4-8H,9H2,1-3H3,(H,17,19)(H,18,20). The highest BCUT2D eigenvalue weighted by molar-refractivity contribution is 9.10. The molecule has 2 N–H and O–H groups in total. The molecule has 1 aromatic heterocycles. The van der Waals surface area contributed by atoms with Crippen molar-refractivity contribution < 1.29 is 9.53 Å². The third kappa shape index (κ3) is 4.90. The van der Waals surface area contributed by atoms with Crippen molar-refractivity contribution in [3.05, 3.63) is 40.8 Å². The van der Waals surface area contributed by atoms with Gasteiger partial charge in [-0.25, -0.2) is 9.78 Å². The molecule has 0 atom stereocenters. The number of rotatable bonds is 3. The Labute approximate surface area is 132 Å². The van der Waals surface area contributed by atoms with Crippen LogP contribution >= 0.6 is 15.9 Å². The summed E-state index contributed by atoms with van der Waals surface area (Å²) < 4.78 is 6.17. The van der Waals surface area contributed by atoms with Crippen LogP contribution in [0.25, 0.3) is 11.3 Å². The number of nitrogens with zero attached hydrogens (tertiary/aromatic N) is 1. The number of halogens is 1. The summed E-state index contributed by atoms with van der Waals surface area (Å²) in [5.41, 5.74) is 1.33. The quantitative estimate of drug-likeness (QED) is 0.881. The molecule has 21 heavy (non-hydrogen) atoms. The van der Waals surface area contributed by atoms with Crippen molar-refractivity contribution in [2.24, 2.45) is 0 Å². The maximum atomic E-state index is 11.6. The van der Waals surface area contributed by atoms with Gasteiger partial charge in [-0.15, -0.1) is 0 Å². The third-order valence-electron chi connectivity index (χ3n) is 2.55. The van der Waals surface area contributed by atoms with Gasteiger partial charge in [0.15, 0.2) is 0 Å². The van der Waals surface area contributed by atoms with E-state index in [1.807, 2.05) is 51.2 Å². The van der Waals surface area contributed by atoms with Gasteiger partial charge in [-0.3, -0.25) is 0 Å². The maximum absolute atomic E-state index is 11.6. The highest BCUT2D eigenvalue weighted by Crippen LogP contribution is 2.21. The van der Waals surface area contributed by atoms with E-state index in [-0.39, 0.29) is 0 Å². The second-order valence-electron chi connectivity index (χ2n) is 5.60. The van der Waals surface area contributed by atoms with Gasteiger partial charge in [0.1, 0.15) is 11.4 Å². The molecule has 0 aliphatic heterocycles. The van der Waals surface area contributed by atoms with Gasteiger partial charge in [0.25, 0.3) is 0 Å². The lowest BCUT2D eigenvalue weighted by molar-refractivity contribution is 0.0522. The van der Waals surface area contributed by atoms with Crippen LogP contribution in [0.3, 0.4) is 0 Å². The minimum atomic E-state index is -0.505. The average molecular weight is 352 g/mol. The van der Waals surface area contributed by atoms with Crippen molar-refractivity contribution in [2.45, 2.75) is 32.9 Å². The SMILES string of the molecule is CC(C)(C)OC(=O)NCc1nc(-c2cccc(Br)c2)c[nH]1. The van der Waals surface area contributed by atoms with Gasteiger partial charge in [0.2, 0.25) is 0 Å². The Kier molecular flexibility index (Phi) is 4.67. The van der Waals surface area contributed by atoms with Gasteiger partial charge >= 0.3 is 6.09 Å². The minimum absolute atomic E-state index is 0.295. The Bertz CT molecular complexity index is 632. The van der Waals surface area contributed by atoms with E-state index in [0.29, 0.717) is 12.4 Å². The first kappa shape index (κ1) is 15.6. The van der Waals surface area contributed by atoms with Gasteiger partial charge in [-0.2, -0.15) is 0 Å². The molecule has 0 saturated heterocycles. The molecule has 0 spiro atoms. The number of aromatic nitrogens is 2. The monoisotopic (exact) mass is 351 g/mol. The number of hydrogen-bond acceptors (Lipinski definition) is 3. The van der Waals surface area contributed by atoms with E-state index in [0.717, 1.165) is 15.7 Å². The molecular formula is C15H18BrN3O2. The molecule has 2 aromatic rings. The molecule has 2 rings (SSSR count). The van der Waals surface area contributed by atoms with Gasteiger partial charge in [0, 0.05) is 16.2 Å². The summed E-state index contributed by atoms with van der Waals surface area (Å²) in [7, 11) is 0. The first-order valence-electron chi connectivity index (χ1n) is 6.60. The van der Waals surface area contributed by atoms with E-state index >= 15 is 0 Å². The van der Waals surface area contributed by atoms with Crippen LogP contribution in [0.4, 0.5) is 4.79 Å². The summed E-state index contributed by atoms with van der Waals surface area (Å²) in [4.78, 5) is 19.1. The van der Waals surface area contributed by atoms with Crippen molar-refractivity contribution in [3.8, 4) is 11.3 Å². The summed E-state index contributed by atoms with van der Waals surface area (Å²) in [6.07, 6.45) is 1.36. The Balaban J connectivity index is 1.96. The van der Waals surface area contributed by atoms with Crippen molar-refractivity contribution in [1.82, 2.24) is 15.3 Å². The first-order chi connectivity index (χ1) is 9.83. The van der Waals surface area contributed by atoms with Crippen molar-refractivity contribution >= 4 is 22.0 Å². The molecule has 0 fully saturated rings. The molecule has 1 aromatic carbocycles. The van der Waals surface area contributed by atoms with Crippen molar-refractivity contribution in [2.75, 3.05) is 0 Å². The predicted molar refractivity (Wildman–Crippen MR) is 84.8 cm³/mol. The molecule has 0 unspecified atom stereocenters. The Morgan fingerprint density at radius 1 is 1.43 bits per heavy atom. The van der Waals surface area contributed by atoms with Crippen LogP contribution in [-0.2, 0) is 11.3 Å². The molecule has 0 radical (unpaired) electrons. The molecule has 0 aliphatic carbocycles. The third-order valence-corrected chi connectivity index (χ3v) is 3.04. The van der Waals surface area contributed by atoms with Crippen LogP contribution in [-0.4, -0.2) is 21.7 Å². The number of aromatic amines is 1. The Morgan fingerprint density at radius 2 is 2.19 bits per heavy atom. The molecule has 0 aliphatic rings. The van der Waals surface area contributed by atoms with Crippen LogP contribution in [0.5, 0.6) is 0 Å². The minimum Gasteiger partial charge on any atom is -0.444 e. The van der Waals surface area contributed by atoms with E-state index < -0.39 is 11.7 Å². The number of H-pyrrole nitrogens is 1. The first-order valence-corrected chi connectivity index (χ1v) is 7.40. The fourth-order valence-corrected chi connectivity index (χ4v) is 2.12.